The van der Waals surface area contributed by atoms with Gasteiger partial charge in [0, 0.05) is 6.42 Å². The molecule has 0 bridgehead atoms. The van der Waals surface area contributed by atoms with Crippen molar-refractivity contribution in [1.82, 2.24) is 0 Å². The van der Waals surface area contributed by atoms with Crippen molar-refractivity contribution in [3.63, 3.8) is 0 Å². The van der Waals surface area contributed by atoms with Crippen LogP contribution in [0.1, 0.15) is 11.1 Å². The lowest BCUT2D eigenvalue weighted by molar-refractivity contribution is -0.145. The predicted octanol–water partition coefficient (Wildman–Crippen LogP) is 3.79. The molecule has 24 heavy (non-hydrogen) atoms. The fraction of sp³-hybridized carbons (Fsp3) is 0.235. The Balaban J connectivity index is 2.15. The van der Waals surface area contributed by atoms with E-state index in [1.807, 2.05) is 0 Å². The summed E-state index contributed by atoms with van der Waals surface area (Å²) in [6, 6.07) is 10.8. The fourth-order valence-electron chi connectivity index (χ4n) is 2.09. The van der Waals surface area contributed by atoms with E-state index in [2.05, 4.69) is 0 Å². The third-order valence-electron chi connectivity index (χ3n) is 3.29. The van der Waals surface area contributed by atoms with E-state index in [-0.39, 0.29) is 17.7 Å². The molecule has 0 radical (unpaired) electrons. The van der Waals surface area contributed by atoms with Crippen molar-refractivity contribution in [2.75, 3.05) is 7.11 Å². The highest BCUT2D eigenvalue weighted by atomic mass is 19.4. The molecule has 0 saturated heterocycles. The van der Waals surface area contributed by atoms with Crippen LogP contribution in [0.4, 0.5) is 13.2 Å². The molecule has 0 fully saturated rings. The molecular formula is C17H15F3O4. The quantitative estimate of drug-likeness (QED) is 0.869. The zero-order chi connectivity index (χ0) is 17.7. The lowest BCUT2D eigenvalue weighted by Crippen LogP contribution is -2.29. The van der Waals surface area contributed by atoms with Gasteiger partial charge in [-0.15, -0.1) is 0 Å². The van der Waals surface area contributed by atoms with Crippen LogP contribution in [0.15, 0.2) is 48.5 Å². The molecule has 4 nitrogen and oxygen atoms in total. The van der Waals surface area contributed by atoms with Crippen LogP contribution in [0.2, 0.25) is 0 Å². The molecule has 0 spiro atoms. The highest BCUT2D eigenvalue weighted by Crippen LogP contribution is 2.30. The van der Waals surface area contributed by atoms with E-state index >= 15 is 0 Å². The second kappa shape index (κ2) is 7.25. The molecule has 0 aliphatic carbocycles. The minimum absolute atomic E-state index is 0.189. The summed E-state index contributed by atoms with van der Waals surface area (Å²) in [5, 5.41) is 9.25. The molecular weight excluding hydrogens is 325 g/mol. The van der Waals surface area contributed by atoms with Gasteiger partial charge in [-0.3, -0.25) is 0 Å². The number of hydrogen-bond donors (Lipinski definition) is 1. The summed E-state index contributed by atoms with van der Waals surface area (Å²) in [4.78, 5) is 11.3. The molecule has 0 aliphatic heterocycles. The van der Waals surface area contributed by atoms with Crippen LogP contribution in [0, 0.1) is 0 Å². The van der Waals surface area contributed by atoms with Crippen LogP contribution in [0.5, 0.6) is 11.5 Å². The van der Waals surface area contributed by atoms with Crippen molar-refractivity contribution >= 4 is 5.97 Å². The van der Waals surface area contributed by atoms with Crippen LogP contribution < -0.4 is 9.47 Å². The number of rotatable bonds is 6. The summed E-state index contributed by atoms with van der Waals surface area (Å²) in [5.74, 6) is -0.398. The SMILES string of the molecule is COc1ccc(O[C@H](Cc2cccc(C(F)(F)F)c2)C(=O)O)cc1. The largest absolute Gasteiger partial charge is 0.497 e. The maximum absolute atomic E-state index is 12.7. The lowest BCUT2D eigenvalue weighted by Gasteiger charge is -2.16. The van der Waals surface area contributed by atoms with E-state index in [0.29, 0.717) is 5.75 Å². The van der Waals surface area contributed by atoms with Crippen molar-refractivity contribution in [2.45, 2.75) is 18.7 Å². The smallest absolute Gasteiger partial charge is 0.416 e. The Morgan fingerprint density at radius 1 is 1.12 bits per heavy atom. The minimum Gasteiger partial charge on any atom is -0.497 e. The molecule has 2 aromatic carbocycles. The number of benzene rings is 2. The first kappa shape index (κ1) is 17.7. The number of hydrogen-bond acceptors (Lipinski definition) is 3. The van der Waals surface area contributed by atoms with Crippen LogP contribution in [0.3, 0.4) is 0 Å². The van der Waals surface area contributed by atoms with E-state index in [1.54, 1.807) is 12.1 Å². The molecule has 0 saturated carbocycles. The summed E-state index contributed by atoms with van der Waals surface area (Å²) in [5.41, 5.74) is -0.598. The molecule has 1 N–H and O–H groups in total. The van der Waals surface area contributed by atoms with Crippen molar-refractivity contribution < 1.29 is 32.5 Å². The third-order valence-corrected chi connectivity index (χ3v) is 3.29. The molecule has 1 atom stereocenters. The Morgan fingerprint density at radius 2 is 1.75 bits per heavy atom. The van der Waals surface area contributed by atoms with Crippen molar-refractivity contribution in [2.24, 2.45) is 0 Å². The van der Waals surface area contributed by atoms with Gasteiger partial charge in [0.2, 0.25) is 0 Å². The van der Waals surface area contributed by atoms with Crippen molar-refractivity contribution in [1.29, 1.82) is 0 Å². The van der Waals surface area contributed by atoms with Gasteiger partial charge in [0.25, 0.3) is 0 Å². The fourth-order valence-corrected chi connectivity index (χ4v) is 2.09. The zero-order valence-electron chi connectivity index (χ0n) is 12.7. The Labute approximate surface area is 136 Å². The topological polar surface area (TPSA) is 55.8 Å². The Bertz CT molecular complexity index is 696. The first-order valence-electron chi connectivity index (χ1n) is 6.99. The third kappa shape index (κ3) is 4.65. The van der Waals surface area contributed by atoms with E-state index in [4.69, 9.17) is 9.47 Å². The van der Waals surface area contributed by atoms with Gasteiger partial charge < -0.3 is 14.6 Å². The first-order valence-corrected chi connectivity index (χ1v) is 6.99. The summed E-state index contributed by atoms with van der Waals surface area (Å²) in [6.07, 6.45) is -5.97. The van der Waals surface area contributed by atoms with Crippen molar-refractivity contribution in [3.05, 3.63) is 59.7 Å². The number of ether oxygens (including phenoxy) is 2. The van der Waals surface area contributed by atoms with Gasteiger partial charge >= 0.3 is 12.1 Å². The van der Waals surface area contributed by atoms with Gasteiger partial charge in [0.1, 0.15) is 11.5 Å². The predicted molar refractivity (Wildman–Crippen MR) is 80.2 cm³/mol. The van der Waals surface area contributed by atoms with Gasteiger partial charge in [-0.25, -0.2) is 4.79 Å². The monoisotopic (exact) mass is 340 g/mol. The zero-order valence-corrected chi connectivity index (χ0v) is 12.7. The maximum Gasteiger partial charge on any atom is 0.416 e. The molecule has 128 valence electrons. The van der Waals surface area contributed by atoms with Gasteiger partial charge in [0.05, 0.1) is 12.7 Å². The van der Waals surface area contributed by atoms with E-state index in [0.717, 1.165) is 12.1 Å². The standard InChI is InChI=1S/C17H15F3O4/c1-23-13-5-7-14(8-6-13)24-15(16(21)22)10-11-3-2-4-12(9-11)17(18,19)20/h2-9,15H,10H2,1H3,(H,21,22)/t15-/m1/s1. The molecule has 7 heteroatoms. The van der Waals surface area contributed by atoms with E-state index in [1.165, 1.54) is 31.4 Å². The second-order valence-corrected chi connectivity index (χ2v) is 5.02. The molecule has 0 amide bonds. The number of carboxylic acid groups (broad SMARTS) is 1. The summed E-state index contributed by atoms with van der Waals surface area (Å²) >= 11 is 0. The van der Waals surface area contributed by atoms with Gasteiger partial charge in [-0.1, -0.05) is 18.2 Å². The van der Waals surface area contributed by atoms with Crippen LogP contribution in [-0.2, 0) is 17.4 Å². The van der Waals surface area contributed by atoms with E-state index in [9.17, 15) is 23.1 Å². The van der Waals surface area contributed by atoms with Gasteiger partial charge in [0.15, 0.2) is 6.10 Å². The molecule has 2 rings (SSSR count). The van der Waals surface area contributed by atoms with Crippen LogP contribution in [0.25, 0.3) is 0 Å². The highest BCUT2D eigenvalue weighted by Gasteiger charge is 2.31. The number of halogens is 3. The molecule has 0 aromatic heterocycles. The first-order chi connectivity index (χ1) is 11.3. The number of aliphatic carboxylic acids is 1. The van der Waals surface area contributed by atoms with Crippen molar-refractivity contribution in [3.8, 4) is 11.5 Å². The number of methoxy groups -OCH3 is 1. The summed E-state index contributed by atoms with van der Waals surface area (Å²) in [6.45, 7) is 0. The minimum atomic E-state index is -4.48. The average molecular weight is 340 g/mol. The lowest BCUT2D eigenvalue weighted by atomic mass is 10.0. The highest BCUT2D eigenvalue weighted by molar-refractivity contribution is 5.73. The second-order valence-electron chi connectivity index (χ2n) is 5.02. The Kier molecular flexibility index (Phi) is 5.33. The van der Waals surface area contributed by atoms with Crippen LogP contribution in [-0.4, -0.2) is 24.3 Å². The Morgan fingerprint density at radius 3 is 2.29 bits per heavy atom. The summed E-state index contributed by atoms with van der Waals surface area (Å²) in [7, 11) is 1.49. The molecule has 2 aromatic rings. The molecule has 0 aliphatic rings. The number of carboxylic acids is 1. The van der Waals surface area contributed by atoms with E-state index < -0.39 is 23.8 Å². The number of alkyl halides is 3. The molecule has 0 unspecified atom stereocenters. The number of carbonyl (C=O) groups is 1. The maximum atomic E-state index is 12.7. The molecule has 0 heterocycles. The normalized spacial score (nSPS) is 12.5. The average Bonchev–Trinajstić information content (AvgIpc) is 2.54. The summed E-state index contributed by atoms with van der Waals surface area (Å²) < 4.78 is 48.5. The van der Waals surface area contributed by atoms with Gasteiger partial charge in [-0.2, -0.15) is 13.2 Å². The van der Waals surface area contributed by atoms with Gasteiger partial charge in [-0.05, 0) is 35.9 Å². The Hall–Kier alpha value is -2.70. The van der Waals surface area contributed by atoms with Crippen LogP contribution >= 0.6 is 0 Å².